The number of nitrogens with two attached hydrogens (primary N) is 1. The second-order valence-electron chi connectivity index (χ2n) is 2.61. The van der Waals surface area contributed by atoms with E-state index in [0.29, 0.717) is 0 Å². The summed E-state index contributed by atoms with van der Waals surface area (Å²) >= 11 is 22.4. The summed E-state index contributed by atoms with van der Waals surface area (Å²) in [5.41, 5.74) is 6.85. The number of carbonyl (C=O) groups is 1. The van der Waals surface area contributed by atoms with Gasteiger partial charge in [-0.1, -0.05) is 46.4 Å². The van der Waals surface area contributed by atoms with Crippen LogP contribution >= 0.6 is 46.4 Å². The van der Waals surface area contributed by atoms with Crippen LogP contribution in [-0.4, -0.2) is 21.1 Å². The fraction of sp³-hybridized carbons (Fsp3) is 0. The van der Waals surface area contributed by atoms with Gasteiger partial charge in [0, 0.05) is 0 Å². The number of carbonyl (C=O) groups excluding carboxylic acids is 1. The van der Waals surface area contributed by atoms with Crippen molar-refractivity contribution in [2.24, 2.45) is 0 Å². The first-order valence-electron chi connectivity index (χ1n) is 3.87. The summed E-state index contributed by atoms with van der Waals surface area (Å²) in [5.74, 6) is -1.59. The van der Waals surface area contributed by atoms with E-state index >= 15 is 0 Å². The summed E-state index contributed by atoms with van der Waals surface area (Å²) in [7, 11) is 0. The van der Waals surface area contributed by atoms with Gasteiger partial charge < -0.3 is 5.73 Å². The Morgan fingerprint density at radius 1 is 1.29 bits per heavy atom. The number of hydroxylamine groups is 1. The fourth-order valence-corrected chi connectivity index (χ4v) is 1.59. The van der Waals surface area contributed by atoms with Crippen LogP contribution in [0.15, 0.2) is 4.49 Å². The second kappa shape index (κ2) is 5.70. The number of hydrogen-bond donors (Lipinski definition) is 3. The number of hydrogen-bond acceptors (Lipinski definition) is 5. The molecule has 0 aromatic carbocycles. The Morgan fingerprint density at radius 3 is 2.29 bits per heavy atom. The number of amides is 1. The third-order valence-electron chi connectivity index (χ3n) is 1.58. The molecule has 1 aromatic heterocycles. The molecule has 17 heavy (non-hydrogen) atoms. The van der Waals surface area contributed by atoms with Crippen LogP contribution in [0.1, 0.15) is 16.2 Å². The molecule has 0 atom stereocenters. The standard InChI is InChI=1S/C7H4Cl4N4O2/c8-2(3(9)10)1-4(11)13-6(7(16)15-17)14-5(1)12/h17H,(H,15,16)(H2,12,13,14). The van der Waals surface area contributed by atoms with Gasteiger partial charge >= 0.3 is 5.91 Å². The van der Waals surface area contributed by atoms with Crippen LogP contribution in [0.2, 0.25) is 5.15 Å². The predicted molar refractivity (Wildman–Crippen MR) is 65.2 cm³/mol. The third-order valence-corrected chi connectivity index (χ3v) is 2.81. The predicted octanol–water partition coefficient (Wildman–Crippen LogP) is 2.17. The van der Waals surface area contributed by atoms with E-state index in [2.05, 4.69) is 9.97 Å². The SMILES string of the molecule is Nc1nc(C(=O)NO)nc(Cl)c1C(Cl)=C(Cl)Cl. The Hall–Kier alpha value is -0.790. The lowest BCUT2D eigenvalue weighted by Crippen LogP contribution is -2.22. The van der Waals surface area contributed by atoms with Crippen LogP contribution in [0, 0.1) is 0 Å². The molecule has 10 heteroatoms. The molecule has 6 nitrogen and oxygen atoms in total. The number of nitrogens with one attached hydrogen (secondary N) is 1. The number of rotatable bonds is 2. The molecular weight excluding hydrogens is 314 g/mol. The number of anilines is 1. The van der Waals surface area contributed by atoms with Crippen molar-refractivity contribution < 1.29 is 10.0 Å². The first-order valence-corrected chi connectivity index (χ1v) is 5.38. The lowest BCUT2D eigenvalue weighted by atomic mass is 10.3. The molecule has 0 fully saturated rings. The van der Waals surface area contributed by atoms with Crippen molar-refractivity contribution in [3.63, 3.8) is 0 Å². The molecular formula is C7H4Cl4N4O2. The van der Waals surface area contributed by atoms with Crippen molar-refractivity contribution in [2.45, 2.75) is 0 Å². The van der Waals surface area contributed by atoms with Gasteiger partial charge in [0.05, 0.1) is 10.6 Å². The quantitative estimate of drug-likeness (QED) is 0.441. The Kier molecular flexibility index (Phi) is 4.79. The minimum absolute atomic E-state index is 0.00261. The summed E-state index contributed by atoms with van der Waals surface area (Å²) < 4.78 is -0.275. The van der Waals surface area contributed by atoms with Crippen molar-refractivity contribution in [1.29, 1.82) is 0 Å². The minimum atomic E-state index is -0.970. The normalized spacial score (nSPS) is 9.94. The Labute approximate surface area is 115 Å². The lowest BCUT2D eigenvalue weighted by Gasteiger charge is -2.07. The van der Waals surface area contributed by atoms with Crippen LogP contribution in [0.5, 0.6) is 0 Å². The molecule has 0 saturated heterocycles. The largest absolute Gasteiger partial charge is 0.383 e. The Bertz CT molecular complexity index is 478. The van der Waals surface area contributed by atoms with Gasteiger partial charge in [0.25, 0.3) is 0 Å². The molecule has 1 amide bonds. The van der Waals surface area contributed by atoms with Gasteiger partial charge in [-0.05, 0) is 0 Å². The zero-order valence-corrected chi connectivity index (χ0v) is 10.9. The lowest BCUT2D eigenvalue weighted by molar-refractivity contribution is 0.0694. The van der Waals surface area contributed by atoms with Crippen molar-refractivity contribution in [2.75, 3.05) is 5.73 Å². The summed E-state index contributed by atoms with van der Waals surface area (Å²) in [5, 5.41) is 8.03. The van der Waals surface area contributed by atoms with Gasteiger partial charge in [-0.2, -0.15) is 0 Å². The van der Waals surface area contributed by atoms with Crippen molar-refractivity contribution in [3.8, 4) is 0 Å². The van der Waals surface area contributed by atoms with Crippen molar-refractivity contribution in [3.05, 3.63) is 21.0 Å². The summed E-state index contributed by atoms with van der Waals surface area (Å²) in [6, 6.07) is 0. The van der Waals surface area contributed by atoms with Gasteiger partial charge in [0.2, 0.25) is 5.82 Å². The van der Waals surface area contributed by atoms with Crippen molar-refractivity contribution in [1.82, 2.24) is 15.4 Å². The Morgan fingerprint density at radius 2 is 1.88 bits per heavy atom. The molecule has 0 bridgehead atoms. The molecule has 0 aliphatic heterocycles. The molecule has 4 N–H and O–H groups in total. The van der Waals surface area contributed by atoms with Gasteiger partial charge in [-0.25, -0.2) is 15.4 Å². The first-order chi connectivity index (χ1) is 7.88. The zero-order valence-electron chi connectivity index (χ0n) is 7.84. The van der Waals surface area contributed by atoms with Crippen LogP contribution in [0.4, 0.5) is 5.82 Å². The van der Waals surface area contributed by atoms with Gasteiger partial charge in [0.15, 0.2) is 0 Å². The molecule has 0 saturated carbocycles. The van der Waals surface area contributed by atoms with E-state index in [1.807, 2.05) is 0 Å². The van der Waals surface area contributed by atoms with Crippen molar-refractivity contribution >= 4 is 63.2 Å². The fourth-order valence-electron chi connectivity index (χ4n) is 0.899. The molecule has 0 aliphatic rings. The molecule has 1 rings (SSSR count). The molecule has 92 valence electrons. The number of nitrogens with zero attached hydrogens (tertiary/aromatic N) is 2. The van der Waals surface area contributed by atoms with E-state index in [1.165, 1.54) is 5.48 Å². The highest BCUT2D eigenvalue weighted by molar-refractivity contribution is 6.67. The molecule has 1 heterocycles. The van der Waals surface area contributed by atoms with Crippen LogP contribution < -0.4 is 11.2 Å². The molecule has 0 spiro atoms. The summed E-state index contributed by atoms with van der Waals surface area (Å²) in [6.45, 7) is 0. The van der Waals surface area contributed by atoms with E-state index in [4.69, 9.17) is 57.3 Å². The van der Waals surface area contributed by atoms with E-state index in [9.17, 15) is 4.79 Å². The van der Waals surface area contributed by atoms with E-state index in [-0.39, 0.29) is 26.1 Å². The van der Waals surface area contributed by atoms with Gasteiger partial charge in [-0.15, -0.1) is 0 Å². The average Bonchev–Trinajstić information content (AvgIpc) is 2.26. The summed E-state index contributed by atoms with van der Waals surface area (Å²) in [4.78, 5) is 18.2. The number of aromatic nitrogens is 2. The molecule has 0 aliphatic carbocycles. The maximum atomic E-state index is 11.0. The zero-order chi connectivity index (χ0) is 13.2. The maximum absolute atomic E-state index is 11.0. The molecule has 1 aromatic rings. The van der Waals surface area contributed by atoms with Crippen LogP contribution in [0.25, 0.3) is 5.03 Å². The van der Waals surface area contributed by atoms with E-state index < -0.39 is 11.7 Å². The van der Waals surface area contributed by atoms with Gasteiger partial charge in [-0.3, -0.25) is 10.0 Å². The monoisotopic (exact) mass is 316 g/mol. The molecule has 0 radical (unpaired) electrons. The highest BCUT2D eigenvalue weighted by Crippen LogP contribution is 2.34. The number of halogens is 4. The van der Waals surface area contributed by atoms with E-state index in [1.54, 1.807) is 0 Å². The maximum Gasteiger partial charge on any atom is 0.312 e. The van der Waals surface area contributed by atoms with Crippen LogP contribution in [-0.2, 0) is 0 Å². The summed E-state index contributed by atoms with van der Waals surface area (Å²) in [6.07, 6.45) is 0. The highest BCUT2D eigenvalue weighted by Gasteiger charge is 2.19. The minimum Gasteiger partial charge on any atom is -0.383 e. The smallest absolute Gasteiger partial charge is 0.312 e. The van der Waals surface area contributed by atoms with Crippen LogP contribution in [0.3, 0.4) is 0 Å². The average molecular weight is 318 g/mol. The highest BCUT2D eigenvalue weighted by atomic mass is 35.5. The third kappa shape index (κ3) is 3.11. The van der Waals surface area contributed by atoms with Gasteiger partial charge in [0.1, 0.15) is 15.5 Å². The Balaban J connectivity index is 3.40. The topological polar surface area (TPSA) is 101 Å². The van der Waals surface area contributed by atoms with E-state index in [0.717, 1.165) is 0 Å². The molecule has 0 unspecified atom stereocenters. The number of nitrogen functional groups attached to an aromatic ring is 1. The second-order valence-corrected chi connectivity index (χ2v) is 4.30. The first kappa shape index (κ1) is 14.3.